The quantitative estimate of drug-likeness (QED) is 0.301. The predicted molar refractivity (Wildman–Crippen MR) is 139 cm³/mol. The Kier molecular flexibility index (Phi) is 9.29. The number of aromatic nitrogens is 2. The highest BCUT2D eigenvalue weighted by atomic mass is 32.2. The van der Waals surface area contributed by atoms with E-state index in [1.54, 1.807) is 32.7 Å². The fourth-order valence-electron chi connectivity index (χ4n) is 4.41. The van der Waals surface area contributed by atoms with Gasteiger partial charge in [0.05, 0.1) is 20.0 Å². The highest BCUT2D eigenvalue weighted by Crippen LogP contribution is 2.32. The predicted octanol–water partition coefficient (Wildman–Crippen LogP) is 4.26. The summed E-state index contributed by atoms with van der Waals surface area (Å²) in [7, 11) is 3.16. The van der Waals surface area contributed by atoms with E-state index in [2.05, 4.69) is 20.6 Å². The van der Waals surface area contributed by atoms with E-state index in [4.69, 9.17) is 9.47 Å². The Labute approximate surface area is 219 Å². The average molecular weight is 529 g/mol. The first-order chi connectivity index (χ1) is 18.0. The van der Waals surface area contributed by atoms with Crippen molar-refractivity contribution >= 4 is 17.7 Å². The van der Waals surface area contributed by atoms with Crippen molar-refractivity contribution in [2.24, 2.45) is 5.92 Å². The molecule has 1 amide bonds. The molecule has 10 heteroatoms. The lowest BCUT2D eigenvalue weighted by atomic mass is 9.87. The molecule has 2 aromatic carbocycles. The molecule has 3 aromatic rings. The van der Waals surface area contributed by atoms with Crippen molar-refractivity contribution in [1.82, 2.24) is 20.6 Å². The molecule has 2 N–H and O–H groups in total. The maximum atomic E-state index is 13.7. The molecule has 4 rings (SSSR count). The Morgan fingerprint density at radius 3 is 2.54 bits per heavy atom. The molecule has 196 valence electrons. The van der Waals surface area contributed by atoms with Gasteiger partial charge >= 0.3 is 0 Å². The van der Waals surface area contributed by atoms with E-state index in [0.717, 1.165) is 43.1 Å². The van der Waals surface area contributed by atoms with Gasteiger partial charge in [-0.05, 0) is 73.7 Å². The summed E-state index contributed by atoms with van der Waals surface area (Å²) in [6.45, 7) is 1.71. The van der Waals surface area contributed by atoms with Crippen LogP contribution in [-0.4, -0.2) is 55.0 Å². The number of carbonyl (C=O) groups excluding carboxylic acids is 1. The van der Waals surface area contributed by atoms with E-state index in [1.807, 2.05) is 18.2 Å². The van der Waals surface area contributed by atoms with Crippen molar-refractivity contribution in [3.8, 4) is 22.6 Å². The number of nitrogens with zero attached hydrogens (tertiary/aromatic N) is 2. The first-order valence-corrected chi connectivity index (χ1v) is 13.1. The summed E-state index contributed by atoms with van der Waals surface area (Å²) in [6, 6.07) is 9.27. The van der Waals surface area contributed by atoms with E-state index in [1.165, 1.54) is 17.8 Å². The number of ether oxygens (including phenoxy) is 2. The molecule has 0 spiro atoms. The molecular formula is C27H30F2N4O3S. The number of piperidine rings is 1. The van der Waals surface area contributed by atoms with Crippen LogP contribution in [0.1, 0.15) is 18.4 Å². The number of amides is 1. The summed E-state index contributed by atoms with van der Waals surface area (Å²) in [5.74, 6) is -0.322. The monoisotopic (exact) mass is 528 g/mol. The van der Waals surface area contributed by atoms with Gasteiger partial charge in [-0.15, -0.1) is 0 Å². The van der Waals surface area contributed by atoms with Crippen molar-refractivity contribution in [3.63, 3.8) is 0 Å². The first-order valence-electron chi connectivity index (χ1n) is 12.1. The van der Waals surface area contributed by atoms with Crippen LogP contribution in [0.5, 0.6) is 11.5 Å². The van der Waals surface area contributed by atoms with Crippen LogP contribution in [-0.2, 0) is 11.2 Å². The van der Waals surface area contributed by atoms with Crippen LogP contribution in [0, 0.1) is 17.6 Å². The summed E-state index contributed by atoms with van der Waals surface area (Å²) in [5, 5.41) is 6.94. The summed E-state index contributed by atoms with van der Waals surface area (Å²) in [6.07, 6.45) is 5.79. The number of rotatable bonds is 10. The van der Waals surface area contributed by atoms with E-state index in [9.17, 15) is 13.6 Å². The molecule has 2 unspecified atom stereocenters. The fraction of sp³-hybridized carbons (Fsp3) is 0.370. The number of carbonyl (C=O) groups is 1. The Morgan fingerprint density at radius 1 is 1.08 bits per heavy atom. The summed E-state index contributed by atoms with van der Waals surface area (Å²) >= 11 is 1.24. The first kappa shape index (κ1) is 26.8. The fourth-order valence-corrected chi connectivity index (χ4v) is 5.01. The number of methoxy groups -OCH3 is 2. The van der Waals surface area contributed by atoms with Crippen LogP contribution in [0.15, 0.2) is 53.9 Å². The molecule has 1 aliphatic rings. The van der Waals surface area contributed by atoms with Gasteiger partial charge < -0.3 is 20.1 Å². The van der Waals surface area contributed by atoms with Crippen molar-refractivity contribution in [1.29, 1.82) is 0 Å². The molecular weight excluding hydrogens is 498 g/mol. The summed E-state index contributed by atoms with van der Waals surface area (Å²) in [4.78, 5) is 21.6. The third-order valence-electron chi connectivity index (χ3n) is 6.37. The van der Waals surface area contributed by atoms with E-state index < -0.39 is 11.6 Å². The second kappa shape index (κ2) is 12.8. The number of hydrogen-bond donors (Lipinski definition) is 2. The molecule has 2 heterocycles. The van der Waals surface area contributed by atoms with Gasteiger partial charge in [-0.2, -0.15) is 0 Å². The minimum Gasteiger partial charge on any atom is -0.493 e. The Morgan fingerprint density at radius 2 is 1.86 bits per heavy atom. The largest absolute Gasteiger partial charge is 0.493 e. The SMILES string of the molecule is COc1ccc(-c2cnc(SCC(=O)NC(Cc3ccc(F)c(F)c3)C3CCCNC3)nc2)cc1OC. The number of hydrogen-bond acceptors (Lipinski definition) is 7. The van der Waals surface area contributed by atoms with Gasteiger partial charge in [-0.1, -0.05) is 23.9 Å². The second-order valence-corrected chi connectivity index (χ2v) is 9.79. The van der Waals surface area contributed by atoms with Gasteiger partial charge in [0.1, 0.15) is 0 Å². The number of thioether (sulfide) groups is 1. The Hall–Kier alpha value is -3.24. The molecule has 1 aromatic heterocycles. The Balaban J connectivity index is 1.37. The topological polar surface area (TPSA) is 85.4 Å². The molecule has 0 saturated carbocycles. The van der Waals surface area contributed by atoms with Crippen LogP contribution in [0.3, 0.4) is 0 Å². The van der Waals surface area contributed by atoms with Crippen molar-refractivity contribution in [2.45, 2.75) is 30.5 Å². The maximum Gasteiger partial charge on any atom is 0.230 e. The van der Waals surface area contributed by atoms with Crippen molar-refractivity contribution < 1.29 is 23.0 Å². The van der Waals surface area contributed by atoms with E-state index in [0.29, 0.717) is 28.6 Å². The molecule has 0 aliphatic carbocycles. The van der Waals surface area contributed by atoms with E-state index in [-0.39, 0.29) is 23.6 Å². The van der Waals surface area contributed by atoms with Gasteiger partial charge in [0.2, 0.25) is 5.91 Å². The normalized spacial score (nSPS) is 16.2. The maximum absolute atomic E-state index is 13.7. The molecule has 0 bridgehead atoms. The van der Waals surface area contributed by atoms with Crippen molar-refractivity contribution in [3.05, 3.63) is 66.0 Å². The zero-order valence-corrected chi connectivity index (χ0v) is 21.6. The highest BCUT2D eigenvalue weighted by Gasteiger charge is 2.26. The lowest BCUT2D eigenvalue weighted by Gasteiger charge is -2.31. The highest BCUT2D eigenvalue weighted by molar-refractivity contribution is 7.99. The lowest BCUT2D eigenvalue weighted by molar-refractivity contribution is -0.119. The van der Waals surface area contributed by atoms with Crippen LogP contribution in [0.4, 0.5) is 8.78 Å². The molecule has 7 nitrogen and oxygen atoms in total. The van der Waals surface area contributed by atoms with Gasteiger partial charge in [0.25, 0.3) is 0 Å². The van der Waals surface area contributed by atoms with Crippen LogP contribution in [0.2, 0.25) is 0 Å². The zero-order valence-electron chi connectivity index (χ0n) is 20.8. The molecule has 1 saturated heterocycles. The molecule has 2 atom stereocenters. The third kappa shape index (κ3) is 7.17. The van der Waals surface area contributed by atoms with Gasteiger partial charge in [0, 0.05) is 24.0 Å². The number of nitrogens with one attached hydrogen (secondary N) is 2. The molecule has 1 aliphatic heterocycles. The second-order valence-electron chi connectivity index (χ2n) is 8.85. The summed E-state index contributed by atoms with van der Waals surface area (Å²) in [5.41, 5.74) is 2.34. The summed E-state index contributed by atoms with van der Waals surface area (Å²) < 4.78 is 37.8. The van der Waals surface area contributed by atoms with Gasteiger partial charge in [-0.25, -0.2) is 18.7 Å². The Bertz CT molecular complexity index is 1210. The van der Waals surface area contributed by atoms with Crippen LogP contribution < -0.4 is 20.1 Å². The van der Waals surface area contributed by atoms with Crippen molar-refractivity contribution in [2.75, 3.05) is 33.1 Å². The van der Waals surface area contributed by atoms with Crippen LogP contribution in [0.25, 0.3) is 11.1 Å². The minimum absolute atomic E-state index is 0.143. The smallest absolute Gasteiger partial charge is 0.230 e. The van der Waals surface area contributed by atoms with Crippen LogP contribution >= 0.6 is 11.8 Å². The minimum atomic E-state index is -0.881. The molecule has 37 heavy (non-hydrogen) atoms. The number of benzene rings is 2. The molecule has 1 fully saturated rings. The molecule has 0 radical (unpaired) electrons. The lowest BCUT2D eigenvalue weighted by Crippen LogP contribution is -2.48. The zero-order chi connectivity index (χ0) is 26.2. The third-order valence-corrected chi connectivity index (χ3v) is 7.24. The number of halogens is 2. The average Bonchev–Trinajstić information content (AvgIpc) is 2.94. The van der Waals surface area contributed by atoms with E-state index >= 15 is 0 Å². The van der Waals surface area contributed by atoms with Gasteiger partial charge in [0.15, 0.2) is 28.3 Å². The van der Waals surface area contributed by atoms with Gasteiger partial charge in [-0.3, -0.25) is 4.79 Å². The standard InChI is InChI=1S/C27H30F2N4O3S/c1-35-24-8-6-18(12-25(24)36-2)20-14-31-27(32-15-20)37-16-26(34)33-23(19-4-3-9-30-13-19)11-17-5-7-21(28)22(29)10-17/h5-8,10,12,14-15,19,23,30H,3-4,9,11,13,16H2,1-2H3,(H,33,34).